The molecule has 1 aromatic carbocycles. The van der Waals surface area contributed by atoms with E-state index in [2.05, 4.69) is 22.1 Å². The first-order chi connectivity index (χ1) is 14.1. The number of rotatable bonds is 5. The third-order valence-corrected chi connectivity index (χ3v) is 5.80. The molecule has 2 aromatic heterocycles. The topological polar surface area (TPSA) is 73.1 Å². The minimum atomic E-state index is -0.648. The SMILES string of the molecule is CCCSc1nnc2c(n1)O[C@H](c1cccn1C)N(C(=O)CC)c1ccccc1-2. The van der Waals surface area contributed by atoms with E-state index in [1.165, 1.54) is 0 Å². The molecule has 0 radical (unpaired) electrons. The van der Waals surface area contributed by atoms with Gasteiger partial charge in [0.1, 0.15) is 0 Å². The summed E-state index contributed by atoms with van der Waals surface area (Å²) in [7, 11) is 1.94. The van der Waals surface area contributed by atoms with Crippen LogP contribution in [0.1, 0.15) is 38.6 Å². The van der Waals surface area contributed by atoms with Gasteiger partial charge >= 0.3 is 0 Å². The quantitative estimate of drug-likeness (QED) is 0.588. The maximum atomic E-state index is 13.0. The van der Waals surface area contributed by atoms with Crippen LogP contribution in [0.5, 0.6) is 5.88 Å². The lowest BCUT2D eigenvalue weighted by atomic mass is 10.1. The van der Waals surface area contributed by atoms with Crippen molar-refractivity contribution < 1.29 is 9.53 Å². The summed E-state index contributed by atoms with van der Waals surface area (Å²) in [5, 5.41) is 9.28. The Labute approximate surface area is 174 Å². The van der Waals surface area contributed by atoms with E-state index in [4.69, 9.17) is 4.74 Å². The highest BCUT2D eigenvalue weighted by atomic mass is 32.2. The van der Waals surface area contributed by atoms with Crippen molar-refractivity contribution >= 4 is 23.4 Å². The van der Waals surface area contributed by atoms with Gasteiger partial charge in [-0.15, -0.1) is 10.2 Å². The minimum Gasteiger partial charge on any atom is -0.445 e. The molecule has 1 atom stereocenters. The number of fused-ring (bicyclic) bond motifs is 3. The van der Waals surface area contributed by atoms with Crippen molar-refractivity contribution in [2.45, 2.75) is 38.1 Å². The molecule has 0 bridgehead atoms. The average Bonchev–Trinajstić information content (AvgIpc) is 3.11. The summed E-state index contributed by atoms with van der Waals surface area (Å²) in [5.41, 5.74) is 2.94. The predicted octanol–water partition coefficient (Wildman–Crippen LogP) is 4.21. The third-order valence-electron chi connectivity index (χ3n) is 4.76. The number of anilines is 1. The van der Waals surface area contributed by atoms with E-state index in [1.807, 2.05) is 61.1 Å². The second-order valence-electron chi connectivity index (χ2n) is 6.75. The molecule has 0 fully saturated rings. The lowest BCUT2D eigenvalue weighted by Crippen LogP contribution is -2.38. The number of amides is 1. The van der Waals surface area contributed by atoms with Gasteiger partial charge in [0, 0.05) is 31.0 Å². The van der Waals surface area contributed by atoms with Crippen LogP contribution in [0.3, 0.4) is 0 Å². The summed E-state index contributed by atoms with van der Waals surface area (Å²) < 4.78 is 8.33. The van der Waals surface area contributed by atoms with Gasteiger partial charge in [-0.05, 0) is 24.6 Å². The smallest absolute Gasteiger partial charge is 0.247 e. The number of aryl methyl sites for hydroxylation is 1. The highest BCUT2D eigenvalue weighted by molar-refractivity contribution is 7.99. The Morgan fingerprint density at radius 2 is 2.00 bits per heavy atom. The van der Waals surface area contributed by atoms with Crippen molar-refractivity contribution in [3.63, 3.8) is 0 Å². The first kappa shape index (κ1) is 19.4. The molecule has 3 heterocycles. The Kier molecular flexibility index (Phi) is 5.53. The minimum absolute atomic E-state index is 0.0370. The first-order valence-electron chi connectivity index (χ1n) is 9.70. The van der Waals surface area contributed by atoms with Crippen LogP contribution in [0, 0.1) is 0 Å². The average molecular weight is 410 g/mol. The van der Waals surface area contributed by atoms with Gasteiger partial charge in [-0.1, -0.05) is 43.8 Å². The van der Waals surface area contributed by atoms with E-state index in [1.54, 1.807) is 16.7 Å². The van der Waals surface area contributed by atoms with Gasteiger partial charge in [-0.25, -0.2) is 0 Å². The van der Waals surface area contributed by atoms with Gasteiger partial charge in [0.25, 0.3) is 0 Å². The van der Waals surface area contributed by atoms with Crippen molar-refractivity contribution in [1.29, 1.82) is 0 Å². The normalized spacial score (nSPS) is 15.3. The maximum Gasteiger partial charge on any atom is 0.247 e. The number of aromatic nitrogens is 4. The van der Waals surface area contributed by atoms with Crippen molar-refractivity contribution in [2.24, 2.45) is 7.05 Å². The van der Waals surface area contributed by atoms with Gasteiger partial charge < -0.3 is 9.30 Å². The van der Waals surface area contributed by atoms with Gasteiger partial charge in [0.15, 0.2) is 5.69 Å². The molecule has 29 heavy (non-hydrogen) atoms. The van der Waals surface area contributed by atoms with E-state index < -0.39 is 6.23 Å². The molecule has 0 unspecified atom stereocenters. The number of benzene rings is 1. The number of carbonyl (C=O) groups excluding carboxylic acids is 1. The zero-order chi connectivity index (χ0) is 20.4. The first-order valence-corrected chi connectivity index (χ1v) is 10.7. The van der Waals surface area contributed by atoms with E-state index in [0.29, 0.717) is 23.2 Å². The monoisotopic (exact) mass is 409 g/mol. The zero-order valence-corrected chi connectivity index (χ0v) is 17.5. The van der Waals surface area contributed by atoms with Crippen molar-refractivity contribution in [3.05, 3.63) is 48.3 Å². The zero-order valence-electron chi connectivity index (χ0n) is 16.7. The van der Waals surface area contributed by atoms with Crippen molar-refractivity contribution in [3.8, 4) is 17.1 Å². The van der Waals surface area contributed by atoms with E-state index in [9.17, 15) is 4.79 Å². The molecule has 1 aliphatic rings. The standard InChI is InChI=1S/C21H23N5O2S/c1-4-13-29-21-22-19-18(23-24-21)14-9-6-7-10-15(14)26(17(27)5-2)20(28-19)16-11-8-12-25(16)3/h6-12,20H,4-5,13H2,1-3H3/t20-/m1/s1. The second kappa shape index (κ2) is 8.24. The molecule has 0 N–H and O–H groups in total. The molecular formula is C21H23N5O2S. The molecule has 4 rings (SSSR count). The Hall–Kier alpha value is -2.87. The Morgan fingerprint density at radius 3 is 2.72 bits per heavy atom. The highest BCUT2D eigenvalue weighted by Gasteiger charge is 2.36. The Morgan fingerprint density at radius 1 is 1.17 bits per heavy atom. The van der Waals surface area contributed by atoms with Crippen LogP contribution in [0.4, 0.5) is 5.69 Å². The molecule has 3 aromatic rings. The van der Waals surface area contributed by atoms with Crippen LogP contribution in [0.25, 0.3) is 11.3 Å². The van der Waals surface area contributed by atoms with Crippen LogP contribution in [-0.2, 0) is 11.8 Å². The molecular weight excluding hydrogens is 386 g/mol. The number of ether oxygens (including phenoxy) is 1. The van der Waals surface area contributed by atoms with Gasteiger partial charge in [-0.3, -0.25) is 9.69 Å². The largest absolute Gasteiger partial charge is 0.445 e. The van der Waals surface area contributed by atoms with Crippen LogP contribution in [-0.4, -0.2) is 31.4 Å². The second-order valence-corrected chi connectivity index (χ2v) is 7.81. The predicted molar refractivity (Wildman–Crippen MR) is 113 cm³/mol. The summed E-state index contributed by atoms with van der Waals surface area (Å²) >= 11 is 1.54. The molecule has 0 saturated heterocycles. The lowest BCUT2D eigenvalue weighted by Gasteiger charge is -2.30. The molecule has 1 aliphatic heterocycles. The molecule has 150 valence electrons. The lowest BCUT2D eigenvalue weighted by molar-refractivity contribution is -0.120. The molecule has 0 aliphatic carbocycles. The summed E-state index contributed by atoms with van der Waals surface area (Å²) in [6.07, 6.45) is 2.65. The van der Waals surface area contributed by atoms with Crippen molar-refractivity contribution in [1.82, 2.24) is 19.7 Å². The van der Waals surface area contributed by atoms with Crippen molar-refractivity contribution in [2.75, 3.05) is 10.7 Å². The fraction of sp³-hybridized carbons (Fsp3) is 0.333. The molecule has 8 heteroatoms. The molecule has 0 saturated carbocycles. The van der Waals surface area contributed by atoms with Gasteiger partial charge in [0.2, 0.25) is 23.2 Å². The van der Waals surface area contributed by atoms with Crippen LogP contribution in [0.2, 0.25) is 0 Å². The molecule has 1 amide bonds. The number of hydrogen-bond donors (Lipinski definition) is 0. The number of carbonyl (C=O) groups is 1. The summed E-state index contributed by atoms with van der Waals surface area (Å²) in [6.45, 7) is 3.96. The Bertz CT molecular complexity index is 1040. The van der Waals surface area contributed by atoms with E-state index in [0.717, 1.165) is 29.1 Å². The maximum absolute atomic E-state index is 13.0. The number of thioether (sulfide) groups is 1. The fourth-order valence-corrected chi connectivity index (χ4v) is 3.96. The van der Waals surface area contributed by atoms with E-state index >= 15 is 0 Å². The third kappa shape index (κ3) is 3.60. The highest BCUT2D eigenvalue weighted by Crippen LogP contribution is 2.43. The summed E-state index contributed by atoms with van der Waals surface area (Å²) in [4.78, 5) is 19.4. The van der Waals surface area contributed by atoms with Crippen LogP contribution < -0.4 is 9.64 Å². The van der Waals surface area contributed by atoms with E-state index in [-0.39, 0.29) is 5.91 Å². The summed E-state index contributed by atoms with van der Waals surface area (Å²) in [5.74, 6) is 1.26. The summed E-state index contributed by atoms with van der Waals surface area (Å²) in [6, 6.07) is 11.6. The van der Waals surface area contributed by atoms with Gasteiger partial charge in [0.05, 0.1) is 11.4 Å². The van der Waals surface area contributed by atoms with Crippen LogP contribution >= 0.6 is 11.8 Å². The van der Waals surface area contributed by atoms with Gasteiger partial charge in [-0.2, -0.15) is 4.98 Å². The van der Waals surface area contributed by atoms with Crippen LogP contribution in [0.15, 0.2) is 47.8 Å². The molecule has 0 spiro atoms. The number of nitrogens with zero attached hydrogens (tertiary/aromatic N) is 5. The number of hydrogen-bond acceptors (Lipinski definition) is 6. The Balaban J connectivity index is 1.91. The number of para-hydroxylation sites is 1. The fourth-order valence-electron chi connectivity index (χ4n) is 3.33. The molecule has 7 nitrogen and oxygen atoms in total.